The van der Waals surface area contributed by atoms with Gasteiger partial charge in [0, 0.05) is 41.6 Å². The van der Waals surface area contributed by atoms with E-state index in [0.717, 1.165) is 59.8 Å². The van der Waals surface area contributed by atoms with Crippen molar-refractivity contribution >= 4 is 22.3 Å². The Morgan fingerprint density at radius 3 is 2.36 bits per heavy atom. The second-order valence-electron chi connectivity index (χ2n) is 7.95. The Morgan fingerprint density at radius 1 is 0.929 bits per heavy atom. The molecule has 0 spiro atoms. The van der Waals surface area contributed by atoms with Crippen LogP contribution in [0, 0.1) is 0 Å². The summed E-state index contributed by atoms with van der Waals surface area (Å²) in [7, 11) is 0. The lowest BCUT2D eigenvalue weighted by Gasteiger charge is -2.30. The van der Waals surface area contributed by atoms with Gasteiger partial charge in [-0.3, -0.25) is 0 Å². The molecule has 0 amide bonds. The molecular formula is C23H27N3O2. The summed E-state index contributed by atoms with van der Waals surface area (Å²) >= 11 is 0. The summed E-state index contributed by atoms with van der Waals surface area (Å²) < 4.78 is 14.1. The Labute approximate surface area is 165 Å². The predicted octanol–water partition coefficient (Wildman–Crippen LogP) is 4.76. The molecule has 1 aromatic heterocycles. The van der Waals surface area contributed by atoms with Crippen molar-refractivity contribution < 1.29 is 9.47 Å². The first kappa shape index (κ1) is 17.4. The van der Waals surface area contributed by atoms with E-state index in [1.54, 1.807) is 0 Å². The molecule has 1 saturated heterocycles. The Bertz CT molecular complexity index is 983. The zero-order valence-electron chi connectivity index (χ0n) is 16.1. The molecule has 0 atom stereocenters. The summed E-state index contributed by atoms with van der Waals surface area (Å²) in [6.07, 6.45) is 5.77. The summed E-state index contributed by atoms with van der Waals surface area (Å²) in [6.45, 7) is 1.55. The van der Waals surface area contributed by atoms with Gasteiger partial charge in [-0.25, -0.2) is 0 Å². The molecule has 4 N–H and O–H groups in total. The first-order valence-corrected chi connectivity index (χ1v) is 10.2. The normalized spacial score (nSPS) is 18.3. The molecule has 0 unspecified atom stereocenters. The lowest BCUT2D eigenvalue weighted by atomic mass is 9.92. The van der Waals surface area contributed by atoms with Crippen LogP contribution in [0.4, 0.5) is 11.4 Å². The minimum Gasteiger partial charge on any atom is -0.490 e. The van der Waals surface area contributed by atoms with Crippen LogP contribution in [0.3, 0.4) is 0 Å². The second kappa shape index (κ2) is 7.06. The van der Waals surface area contributed by atoms with E-state index >= 15 is 0 Å². The molecule has 28 heavy (non-hydrogen) atoms. The minimum atomic E-state index is 0.229. The van der Waals surface area contributed by atoms with E-state index in [2.05, 4.69) is 28.8 Å². The number of hydrogen-bond acceptors (Lipinski definition) is 4. The van der Waals surface area contributed by atoms with Gasteiger partial charge in [0.1, 0.15) is 11.9 Å². The third-order valence-electron chi connectivity index (χ3n) is 6.11. The highest BCUT2D eigenvalue weighted by atomic mass is 16.5. The molecule has 2 heterocycles. The largest absolute Gasteiger partial charge is 0.490 e. The molecule has 1 aliphatic carbocycles. The van der Waals surface area contributed by atoms with Crippen molar-refractivity contribution in [2.45, 2.75) is 44.2 Å². The first-order valence-electron chi connectivity index (χ1n) is 10.2. The standard InChI is InChI=1S/C23H27N3O2/c24-16-6-4-15(5-7-16)23-22(25)20-9-8-19(28-18-10-12-27-13-11-18)14-21(20)26(23)17-2-1-3-17/h4-9,14,17-18H,1-3,10-13,24-25H2. The van der Waals surface area contributed by atoms with E-state index in [1.807, 2.05) is 18.2 Å². The maximum absolute atomic E-state index is 6.65. The number of nitrogens with zero attached hydrogens (tertiary/aromatic N) is 1. The molecule has 2 fully saturated rings. The van der Waals surface area contributed by atoms with Crippen molar-refractivity contribution in [2.75, 3.05) is 24.7 Å². The fraction of sp³-hybridized carbons (Fsp3) is 0.391. The summed E-state index contributed by atoms with van der Waals surface area (Å²) in [4.78, 5) is 0. The number of fused-ring (bicyclic) bond motifs is 1. The quantitative estimate of drug-likeness (QED) is 0.643. The molecular weight excluding hydrogens is 350 g/mol. The van der Waals surface area contributed by atoms with E-state index in [9.17, 15) is 0 Å². The van der Waals surface area contributed by atoms with Gasteiger partial charge in [-0.05, 0) is 43.5 Å². The Hall–Kier alpha value is -2.66. The molecule has 1 aliphatic heterocycles. The van der Waals surface area contributed by atoms with Crippen molar-refractivity contribution in [3.63, 3.8) is 0 Å². The Morgan fingerprint density at radius 2 is 1.68 bits per heavy atom. The zero-order valence-corrected chi connectivity index (χ0v) is 16.1. The number of anilines is 2. The number of aromatic nitrogens is 1. The van der Waals surface area contributed by atoms with Gasteiger partial charge in [-0.2, -0.15) is 0 Å². The third-order valence-corrected chi connectivity index (χ3v) is 6.11. The molecule has 2 aliphatic rings. The summed E-state index contributed by atoms with van der Waals surface area (Å²) in [5.74, 6) is 0.918. The minimum absolute atomic E-state index is 0.229. The number of nitrogen functional groups attached to an aromatic ring is 2. The van der Waals surface area contributed by atoms with Crippen LogP contribution in [0.25, 0.3) is 22.2 Å². The number of hydrogen-bond donors (Lipinski definition) is 2. The maximum Gasteiger partial charge on any atom is 0.121 e. The lowest BCUT2D eigenvalue weighted by Crippen LogP contribution is -2.25. The van der Waals surface area contributed by atoms with Crippen molar-refractivity contribution in [1.82, 2.24) is 4.57 Å². The molecule has 2 aromatic carbocycles. The smallest absolute Gasteiger partial charge is 0.121 e. The molecule has 0 bridgehead atoms. The van der Waals surface area contributed by atoms with E-state index < -0.39 is 0 Å². The molecule has 3 aromatic rings. The molecule has 5 rings (SSSR count). The average molecular weight is 377 g/mol. The first-order chi connectivity index (χ1) is 13.7. The van der Waals surface area contributed by atoms with Crippen LogP contribution in [0.5, 0.6) is 5.75 Å². The maximum atomic E-state index is 6.65. The van der Waals surface area contributed by atoms with Gasteiger partial charge in [0.25, 0.3) is 0 Å². The van der Waals surface area contributed by atoms with Gasteiger partial charge in [-0.1, -0.05) is 12.1 Å². The monoisotopic (exact) mass is 377 g/mol. The van der Waals surface area contributed by atoms with Crippen molar-refractivity contribution in [3.8, 4) is 17.0 Å². The fourth-order valence-electron chi connectivity index (χ4n) is 4.34. The predicted molar refractivity (Wildman–Crippen MR) is 114 cm³/mol. The number of nitrogens with two attached hydrogens (primary N) is 2. The summed E-state index contributed by atoms with van der Waals surface area (Å²) in [5, 5.41) is 1.10. The molecule has 1 saturated carbocycles. The van der Waals surface area contributed by atoms with Crippen LogP contribution in [0.1, 0.15) is 38.1 Å². The SMILES string of the molecule is Nc1ccc(-c2c(N)c3ccc(OC4CCOCC4)cc3n2C2CCC2)cc1. The van der Waals surface area contributed by atoms with E-state index in [0.29, 0.717) is 6.04 Å². The average Bonchev–Trinajstić information content (AvgIpc) is 2.94. The van der Waals surface area contributed by atoms with E-state index in [1.165, 1.54) is 24.8 Å². The Kier molecular flexibility index (Phi) is 4.40. The van der Waals surface area contributed by atoms with Gasteiger partial charge >= 0.3 is 0 Å². The van der Waals surface area contributed by atoms with Gasteiger partial charge in [0.05, 0.1) is 30.1 Å². The summed E-state index contributed by atoms with van der Waals surface area (Å²) in [6, 6.07) is 14.8. The van der Waals surface area contributed by atoms with Crippen molar-refractivity contribution in [3.05, 3.63) is 42.5 Å². The Balaban J connectivity index is 1.60. The van der Waals surface area contributed by atoms with Crippen LogP contribution in [0.15, 0.2) is 42.5 Å². The van der Waals surface area contributed by atoms with Gasteiger partial charge < -0.3 is 25.5 Å². The third kappa shape index (κ3) is 3.00. The summed E-state index contributed by atoms with van der Waals surface area (Å²) in [5.41, 5.74) is 17.5. The highest BCUT2D eigenvalue weighted by Crippen LogP contribution is 2.45. The van der Waals surface area contributed by atoms with Crippen LogP contribution in [-0.4, -0.2) is 23.9 Å². The highest BCUT2D eigenvalue weighted by Gasteiger charge is 2.27. The van der Waals surface area contributed by atoms with Crippen LogP contribution in [-0.2, 0) is 4.74 Å². The highest BCUT2D eigenvalue weighted by molar-refractivity contribution is 6.01. The van der Waals surface area contributed by atoms with Gasteiger partial charge in [-0.15, -0.1) is 0 Å². The molecule has 0 radical (unpaired) electrons. The number of rotatable bonds is 4. The second-order valence-corrected chi connectivity index (χ2v) is 7.95. The topological polar surface area (TPSA) is 75.4 Å². The number of ether oxygens (including phenoxy) is 2. The fourth-order valence-corrected chi connectivity index (χ4v) is 4.34. The van der Waals surface area contributed by atoms with E-state index in [4.69, 9.17) is 20.9 Å². The van der Waals surface area contributed by atoms with Crippen LogP contribution < -0.4 is 16.2 Å². The van der Waals surface area contributed by atoms with Crippen molar-refractivity contribution in [1.29, 1.82) is 0 Å². The van der Waals surface area contributed by atoms with Crippen LogP contribution >= 0.6 is 0 Å². The van der Waals surface area contributed by atoms with Crippen molar-refractivity contribution in [2.24, 2.45) is 0 Å². The molecule has 5 heteroatoms. The lowest BCUT2D eigenvalue weighted by molar-refractivity contribution is 0.0256. The molecule has 146 valence electrons. The number of benzene rings is 2. The van der Waals surface area contributed by atoms with Crippen LogP contribution in [0.2, 0.25) is 0 Å². The zero-order chi connectivity index (χ0) is 19.1. The molecule has 5 nitrogen and oxygen atoms in total. The van der Waals surface area contributed by atoms with Gasteiger partial charge in [0.2, 0.25) is 0 Å². The van der Waals surface area contributed by atoms with E-state index in [-0.39, 0.29) is 6.10 Å². The van der Waals surface area contributed by atoms with Gasteiger partial charge in [0.15, 0.2) is 0 Å².